The molecule has 0 saturated carbocycles. The number of anilines is 1. The van der Waals surface area contributed by atoms with E-state index in [2.05, 4.69) is 10.3 Å². The van der Waals surface area contributed by atoms with Crippen LogP contribution in [-0.2, 0) is 12.7 Å². The molecule has 5 heteroatoms. The van der Waals surface area contributed by atoms with Crippen LogP contribution in [0.25, 0.3) is 0 Å². The van der Waals surface area contributed by atoms with E-state index >= 15 is 0 Å². The van der Waals surface area contributed by atoms with Crippen LogP contribution in [-0.4, -0.2) is 4.98 Å². The summed E-state index contributed by atoms with van der Waals surface area (Å²) in [6, 6.07) is 11.5. The van der Waals surface area contributed by atoms with Gasteiger partial charge in [-0.15, -0.1) is 0 Å². The smallest absolute Gasteiger partial charge is 0.366 e. The van der Waals surface area contributed by atoms with Crippen LogP contribution in [0.2, 0.25) is 0 Å². The fourth-order valence-electron chi connectivity index (χ4n) is 1.71. The second kappa shape index (κ2) is 5.30. The van der Waals surface area contributed by atoms with Gasteiger partial charge in [0.1, 0.15) is 5.82 Å². The van der Waals surface area contributed by atoms with E-state index in [1.54, 1.807) is 6.92 Å². The van der Waals surface area contributed by atoms with E-state index in [-0.39, 0.29) is 5.82 Å². The number of aromatic nitrogens is 1. The fourth-order valence-corrected chi connectivity index (χ4v) is 1.71. The quantitative estimate of drug-likeness (QED) is 0.907. The summed E-state index contributed by atoms with van der Waals surface area (Å²) in [5, 5.41) is 2.90. The summed E-state index contributed by atoms with van der Waals surface area (Å²) in [5.41, 5.74) is 0.639. The number of rotatable bonds is 3. The first kappa shape index (κ1) is 13.4. The maximum Gasteiger partial charge on any atom is 0.416 e. The van der Waals surface area contributed by atoms with Crippen LogP contribution in [0.4, 0.5) is 19.0 Å². The minimum atomic E-state index is -4.35. The van der Waals surface area contributed by atoms with Gasteiger partial charge in [0.25, 0.3) is 0 Å². The van der Waals surface area contributed by atoms with Gasteiger partial charge < -0.3 is 5.32 Å². The monoisotopic (exact) mass is 266 g/mol. The lowest BCUT2D eigenvalue weighted by Crippen LogP contribution is -2.09. The third-order valence-electron chi connectivity index (χ3n) is 2.60. The van der Waals surface area contributed by atoms with Crippen molar-refractivity contribution in [2.24, 2.45) is 0 Å². The van der Waals surface area contributed by atoms with Crippen molar-refractivity contribution in [2.75, 3.05) is 5.32 Å². The van der Waals surface area contributed by atoms with Crippen LogP contribution in [0.15, 0.2) is 42.5 Å². The van der Waals surface area contributed by atoms with Crippen molar-refractivity contribution in [3.05, 3.63) is 59.3 Å². The van der Waals surface area contributed by atoms with Gasteiger partial charge in [-0.25, -0.2) is 4.98 Å². The van der Waals surface area contributed by atoms with Crippen molar-refractivity contribution in [1.82, 2.24) is 4.98 Å². The van der Waals surface area contributed by atoms with E-state index in [4.69, 9.17) is 0 Å². The average Bonchev–Trinajstić information content (AvgIpc) is 2.36. The highest BCUT2D eigenvalue weighted by molar-refractivity contribution is 5.41. The van der Waals surface area contributed by atoms with E-state index in [0.717, 1.165) is 17.7 Å². The summed E-state index contributed by atoms with van der Waals surface area (Å²) < 4.78 is 38.0. The predicted molar refractivity (Wildman–Crippen MR) is 67.7 cm³/mol. The van der Waals surface area contributed by atoms with Crippen LogP contribution in [0.1, 0.15) is 16.8 Å². The van der Waals surface area contributed by atoms with Gasteiger partial charge in [-0.2, -0.15) is 13.2 Å². The van der Waals surface area contributed by atoms with Gasteiger partial charge in [-0.05, 0) is 24.6 Å². The lowest BCUT2D eigenvalue weighted by Gasteiger charge is -2.11. The molecule has 1 N–H and O–H groups in total. The fraction of sp³-hybridized carbons (Fsp3) is 0.214. The molecule has 0 amide bonds. The van der Waals surface area contributed by atoms with Gasteiger partial charge in [0.2, 0.25) is 0 Å². The van der Waals surface area contributed by atoms with E-state index in [9.17, 15) is 13.2 Å². The minimum absolute atomic E-state index is 0.233. The van der Waals surface area contributed by atoms with Gasteiger partial charge in [0.05, 0.1) is 5.56 Å². The Balaban J connectivity index is 2.15. The molecule has 2 rings (SSSR count). The summed E-state index contributed by atoms with van der Waals surface area (Å²) in [6.45, 7) is 1.98. The van der Waals surface area contributed by atoms with Gasteiger partial charge in [0, 0.05) is 12.2 Å². The summed E-state index contributed by atoms with van der Waals surface area (Å²) in [5.74, 6) is 0.233. The largest absolute Gasteiger partial charge is 0.416 e. The highest BCUT2D eigenvalue weighted by atomic mass is 19.4. The number of nitrogens with zero attached hydrogens (tertiary/aromatic N) is 1. The van der Waals surface area contributed by atoms with Crippen molar-refractivity contribution < 1.29 is 13.2 Å². The Morgan fingerprint density at radius 2 is 1.79 bits per heavy atom. The normalized spacial score (nSPS) is 11.4. The van der Waals surface area contributed by atoms with Crippen LogP contribution >= 0.6 is 0 Å². The van der Waals surface area contributed by atoms with Crippen molar-refractivity contribution in [1.29, 1.82) is 0 Å². The second-order valence-corrected chi connectivity index (χ2v) is 4.22. The zero-order chi connectivity index (χ0) is 13.9. The molecule has 19 heavy (non-hydrogen) atoms. The first-order valence-corrected chi connectivity index (χ1v) is 5.79. The van der Waals surface area contributed by atoms with Crippen molar-refractivity contribution in [3.63, 3.8) is 0 Å². The Bertz CT molecular complexity index is 550. The number of pyridine rings is 1. The summed E-state index contributed by atoms with van der Waals surface area (Å²) >= 11 is 0. The second-order valence-electron chi connectivity index (χ2n) is 4.22. The molecule has 0 spiro atoms. The van der Waals surface area contributed by atoms with Gasteiger partial charge in [-0.1, -0.05) is 30.3 Å². The van der Waals surface area contributed by atoms with Gasteiger partial charge >= 0.3 is 6.18 Å². The number of hydrogen-bond donors (Lipinski definition) is 1. The van der Waals surface area contributed by atoms with Crippen LogP contribution in [0.3, 0.4) is 0 Å². The molecule has 0 unspecified atom stereocenters. The topological polar surface area (TPSA) is 24.9 Å². The molecule has 1 aromatic heterocycles. The van der Waals surface area contributed by atoms with Gasteiger partial charge in [0.15, 0.2) is 0 Å². The van der Waals surface area contributed by atoms with Crippen molar-refractivity contribution in [2.45, 2.75) is 19.6 Å². The molecule has 0 aliphatic heterocycles. The van der Waals surface area contributed by atoms with Gasteiger partial charge in [-0.3, -0.25) is 0 Å². The van der Waals surface area contributed by atoms with E-state index in [1.807, 2.05) is 30.3 Å². The van der Waals surface area contributed by atoms with Crippen LogP contribution in [0.5, 0.6) is 0 Å². The minimum Gasteiger partial charge on any atom is -0.366 e. The maximum absolute atomic E-state index is 12.7. The van der Waals surface area contributed by atoms with Crippen molar-refractivity contribution in [3.8, 4) is 0 Å². The zero-order valence-corrected chi connectivity index (χ0v) is 10.3. The first-order chi connectivity index (χ1) is 8.95. The Hall–Kier alpha value is -2.04. The molecule has 0 radical (unpaired) electrons. The number of aryl methyl sites for hydroxylation is 1. The zero-order valence-electron chi connectivity index (χ0n) is 10.3. The Labute approximate surface area is 109 Å². The molecule has 0 fully saturated rings. The molecular formula is C14H13F3N2. The summed E-state index contributed by atoms with van der Waals surface area (Å²) in [6.07, 6.45) is -4.35. The van der Waals surface area contributed by atoms with Crippen molar-refractivity contribution >= 4 is 5.82 Å². The number of halogens is 3. The molecule has 2 nitrogen and oxygen atoms in total. The number of hydrogen-bond acceptors (Lipinski definition) is 2. The molecule has 2 aromatic rings. The molecule has 0 atom stereocenters. The third kappa shape index (κ3) is 3.71. The van der Waals surface area contributed by atoms with E-state index in [1.165, 1.54) is 0 Å². The van der Waals surface area contributed by atoms with Crippen LogP contribution in [0, 0.1) is 6.92 Å². The maximum atomic E-state index is 12.7. The molecule has 1 aromatic carbocycles. The predicted octanol–water partition coefficient (Wildman–Crippen LogP) is 4.02. The SMILES string of the molecule is Cc1cc(C(F)(F)F)cc(NCc2ccccc2)n1. The van der Waals surface area contributed by atoms with Crippen LogP contribution < -0.4 is 5.32 Å². The molecule has 1 heterocycles. The number of benzene rings is 1. The third-order valence-corrected chi connectivity index (χ3v) is 2.60. The summed E-state index contributed by atoms with van der Waals surface area (Å²) in [4.78, 5) is 4.05. The first-order valence-electron chi connectivity index (χ1n) is 5.79. The average molecular weight is 266 g/mol. The lowest BCUT2D eigenvalue weighted by atomic mass is 10.2. The standard InChI is InChI=1S/C14H13F3N2/c1-10-7-12(14(15,16)17)8-13(19-10)18-9-11-5-3-2-4-6-11/h2-8H,9H2,1H3,(H,18,19). The highest BCUT2D eigenvalue weighted by Crippen LogP contribution is 2.30. The molecule has 0 saturated heterocycles. The molecular weight excluding hydrogens is 253 g/mol. The van der Waals surface area contributed by atoms with E-state index < -0.39 is 11.7 Å². The Kier molecular flexibility index (Phi) is 3.74. The lowest BCUT2D eigenvalue weighted by molar-refractivity contribution is -0.137. The summed E-state index contributed by atoms with van der Waals surface area (Å²) in [7, 11) is 0. The molecule has 0 aliphatic rings. The Morgan fingerprint density at radius 1 is 1.11 bits per heavy atom. The molecule has 0 aliphatic carbocycles. The molecule has 0 bridgehead atoms. The molecule has 100 valence electrons. The van der Waals surface area contributed by atoms with E-state index in [0.29, 0.717) is 12.2 Å². The highest BCUT2D eigenvalue weighted by Gasteiger charge is 2.31. The number of nitrogens with one attached hydrogen (secondary N) is 1. The number of alkyl halides is 3. The Morgan fingerprint density at radius 3 is 2.42 bits per heavy atom.